The molecule has 2 aromatic carbocycles. The summed E-state index contributed by atoms with van der Waals surface area (Å²) in [5.74, 6) is 1.27. The minimum Gasteiger partial charge on any atom is -0.419 e. The smallest absolute Gasteiger partial charge is 0.268 e. The van der Waals surface area contributed by atoms with E-state index in [4.69, 9.17) is 32.7 Å². The standard InChI is InChI=1S/C25H25BrCl2N4O/c1-4-6-7-15(3)24-29-30-25(33-24)22-19(5-2)23(16-8-10-17(26)11-9-16)32(31-22)21-13-12-18(27)14-20(21)28/h8-15H,4-7H2,1-3H3. The first-order valence-corrected chi connectivity index (χ1v) is 12.6. The average molecular weight is 548 g/mol. The minimum atomic E-state index is 0.204. The van der Waals surface area contributed by atoms with E-state index in [0.29, 0.717) is 27.5 Å². The molecule has 0 saturated carbocycles. The summed E-state index contributed by atoms with van der Waals surface area (Å²) in [4.78, 5) is 0. The van der Waals surface area contributed by atoms with Gasteiger partial charge in [0.25, 0.3) is 5.89 Å². The molecule has 0 bridgehead atoms. The molecule has 4 rings (SSSR count). The molecule has 0 aliphatic heterocycles. The molecular formula is C25H25BrCl2N4O. The van der Waals surface area contributed by atoms with Gasteiger partial charge in [0, 0.05) is 26.5 Å². The molecule has 0 radical (unpaired) electrons. The fourth-order valence-electron chi connectivity index (χ4n) is 3.85. The minimum absolute atomic E-state index is 0.204. The van der Waals surface area contributed by atoms with Crippen molar-refractivity contribution in [1.29, 1.82) is 0 Å². The Hall–Kier alpha value is -2.15. The van der Waals surface area contributed by atoms with Crippen molar-refractivity contribution in [3.63, 3.8) is 0 Å². The first kappa shape index (κ1) is 24.0. The molecule has 0 aliphatic rings. The lowest BCUT2D eigenvalue weighted by atomic mass is 10.0. The number of rotatable bonds is 8. The molecule has 5 nitrogen and oxygen atoms in total. The molecule has 172 valence electrons. The zero-order valence-electron chi connectivity index (χ0n) is 18.8. The predicted molar refractivity (Wildman–Crippen MR) is 137 cm³/mol. The Labute approximate surface area is 212 Å². The van der Waals surface area contributed by atoms with Gasteiger partial charge in [0.05, 0.1) is 16.4 Å². The third-order valence-corrected chi connectivity index (χ3v) is 6.71. The van der Waals surface area contributed by atoms with E-state index in [1.165, 1.54) is 0 Å². The Kier molecular flexibility index (Phi) is 7.57. The van der Waals surface area contributed by atoms with Crippen LogP contribution in [-0.4, -0.2) is 20.0 Å². The molecule has 2 aromatic heterocycles. The number of hydrogen-bond acceptors (Lipinski definition) is 4. The maximum Gasteiger partial charge on any atom is 0.268 e. The Balaban J connectivity index is 1.89. The van der Waals surface area contributed by atoms with Crippen LogP contribution in [0.2, 0.25) is 10.0 Å². The Morgan fingerprint density at radius 1 is 1.06 bits per heavy atom. The van der Waals surface area contributed by atoms with Gasteiger partial charge < -0.3 is 4.42 Å². The molecule has 0 aliphatic carbocycles. The predicted octanol–water partition coefficient (Wildman–Crippen LogP) is 8.51. The number of halogens is 3. The second-order valence-electron chi connectivity index (χ2n) is 8.03. The van der Waals surface area contributed by atoms with Gasteiger partial charge in [-0.2, -0.15) is 5.10 Å². The quantitative estimate of drug-likeness (QED) is 0.222. The van der Waals surface area contributed by atoms with Crippen molar-refractivity contribution < 1.29 is 4.42 Å². The lowest BCUT2D eigenvalue weighted by Crippen LogP contribution is -2.01. The highest BCUT2D eigenvalue weighted by atomic mass is 79.9. The largest absolute Gasteiger partial charge is 0.419 e. The van der Waals surface area contributed by atoms with Crippen LogP contribution in [0.4, 0.5) is 0 Å². The van der Waals surface area contributed by atoms with Crippen LogP contribution in [0.5, 0.6) is 0 Å². The summed E-state index contributed by atoms with van der Waals surface area (Å²) in [6, 6.07) is 13.5. The van der Waals surface area contributed by atoms with Crippen LogP contribution in [0.25, 0.3) is 28.5 Å². The van der Waals surface area contributed by atoms with Gasteiger partial charge in [-0.05, 0) is 43.2 Å². The van der Waals surface area contributed by atoms with E-state index in [1.807, 2.05) is 22.9 Å². The molecule has 2 heterocycles. The van der Waals surface area contributed by atoms with Gasteiger partial charge >= 0.3 is 0 Å². The fraction of sp³-hybridized carbons (Fsp3) is 0.320. The van der Waals surface area contributed by atoms with Crippen LogP contribution >= 0.6 is 39.1 Å². The summed E-state index contributed by atoms with van der Waals surface area (Å²) in [6.45, 7) is 6.39. The lowest BCUT2D eigenvalue weighted by Gasteiger charge is -2.11. The SMILES string of the molecule is CCCCC(C)c1nnc(-c2nn(-c3ccc(Cl)cc3Cl)c(-c3ccc(Br)cc3)c2CC)o1. The van der Waals surface area contributed by atoms with E-state index in [0.717, 1.165) is 52.7 Å². The Bertz CT molecular complexity index is 1250. The Morgan fingerprint density at radius 2 is 1.82 bits per heavy atom. The number of aromatic nitrogens is 4. The fourth-order valence-corrected chi connectivity index (χ4v) is 4.60. The normalized spacial score (nSPS) is 12.3. The summed E-state index contributed by atoms with van der Waals surface area (Å²) >= 11 is 16.3. The molecule has 0 spiro atoms. The highest BCUT2D eigenvalue weighted by molar-refractivity contribution is 9.10. The van der Waals surface area contributed by atoms with Crippen LogP contribution in [0.1, 0.15) is 57.4 Å². The van der Waals surface area contributed by atoms with Gasteiger partial charge in [-0.1, -0.05) is 84.9 Å². The van der Waals surface area contributed by atoms with Crippen molar-refractivity contribution in [2.45, 2.75) is 52.4 Å². The Morgan fingerprint density at radius 3 is 2.48 bits per heavy atom. The van der Waals surface area contributed by atoms with Crippen molar-refractivity contribution in [2.24, 2.45) is 0 Å². The highest BCUT2D eigenvalue weighted by Crippen LogP contribution is 2.37. The summed E-state index contributed by atoms with van der Waals surface area (Å²) in [7, 11) is 0. The molecule has 1 unspecified atom stereocenters. The average Bonchev–Trinajstić information content (AvgIpc) is 3.43. The molecular weight excluding hydrogens is 523 g/mol. The second-order valence-corrected chi connectivity index (χ2v) is 9.79. The summed E-state index contributed by atoms with van der Waals surface area (Å²) < 4.78 is 8.97. The zero-order chi connectivity index (χ0) is 23.5. The van der Waals surface area contributed by atoms with Gasteiger partial charge in [0.15, 0.2) is 5.69 Å². The van der Waals surface area contributed by atoms with Crippen LogP contribution < -0.4 is 0 Å². The van der Waals surface area contributed by atoms with E-state index in [-0.39, 0.29) is 5.92 Å². The van der Waals surface area contributed by atoms with E-state index in [9.17, 15) is 0 Å². The van der Waals surface area contributed by atoms with Crippen LogP contribution in [0.15, 0.2) is 51.4 Å². The first-order valence-electron chi connectivity index (χ1n) is 11.1. The summed E-state index contributed by atoms with van der Waals surface area (Å²) in [6.07, 6.45) is 4.00. The molecule has 0 saturated heterocycles. The first-order chi connectivity index (χ1) is 15.9. The summed E-state index contributed by atoms with van der Waals surface area (Å²) in [5.41, 5.74) is 4.36. The van der Waals surface area contributed by atoms with Crippen LogP contribution in [0.3, 0.4) is 0 Å². The summed E-state index contributed by atoms with van der Waals surface area (Å²) in [5, 5.41) is 14.7. The van der Waals surface area contributed by atoms with Gasteiger partial charge in [0.2, 0.25) is 5.89 Å². The van der Waals surface area contributed by atoms with Crippen molar-refractivity contribution in [1.82, 2.24) is 20.0 Å². The maximum atomic E-state index is 6.59. The third-order valence-electron chi connectivity index (χ3n) is 5.65. The van der Waals surface area contributed by atoms with Crippen molar-refractivity contribution in [3.05, 3.63) is 68.4 Å². The number of benzene rings is 2. The molecule has 0 N–H and O–H groups in total. The van der Waals surface area contributed by atoms with Crippen molar-refractivity contribution in [2.75, 3.05) is 0 Å². The molecule has 0 amide bonds. The lowest BCUT2D eigenvalue weighted by molar-refractivity contribution is 0.445. The monoisotopic (exact) mass is 546 g/mol. The molecule has 8 heteroatoms. The highest BCUT2D eigenvalue weighted by Gasteiger charge is 2.25. The van der Waals surface area contributed by atoms with E-state index >= 15 is 0 Å². The maximum absolute atomic E-state index is 6.59. The number of unbranched alkanes of at least 4 members (excludes halogenated alkanes) is 1. The second kappa shape index (κ2) is 10.4. The number of hydrogen-bond donors (Lipinski definition) is 0. The number of nitrogens with zero attached hydrogens (tertiary/aromatic N) is 4. The third kappa shape index (κ3) is 5.03. The van der Waals surface area contributed by atoms with Gasteiger partial charge in [0.1, 0.15) is 0 Å². The van der Waals surface area contributed by atoms with Gasteiger partial charge in [-0.3, -0.25) is 0 Å². The van der Waals surface area contributed by atoms with Crippen LogP contribution in [-0.2, 0) is 6.42 Å². The van der Waals surface area contributed by atoms with Gasteiger partial charge in [-0.15, -0.1) is 10.2 Å². The topological polar surface area (TPSA) is 56.7 Å². The van der Waals surface area contributed by atoms with Crippen molar-refractivity contribution in [3.8, 4) is 28.5 Å². The van der Waals surface area contributed by atoms with Crippen molar-refractivity contribution >= 4 is 39.1 Å². The zero-order valence-corrected chi connectivity index (χ0v) is 21.9. The van der Waals surface area contributed by atoms with E-state index in [1.54, 1.807) is 12.1 Å². The molecule has 33 heavy (non-hydrogen) atoms. The molecule has 0 fully saturated rings. The van der Waals surface area contributed by atoms with Gasteiger partial charge in [-0.25, -0.2) is 4.68 Å². The molecule has 4 aromatic rings. The van der Waals surface area contributed by atoms with Crippen LogP contribution in [0, 0.1) is 0 Å². The van der Waals surface area contributed by atoms with E-state index in [2.05, 4.69) is 59.0 Å². The molecule has 1 atom stereocenters. The van der Waals surface area contributed by atoms with E-state index < -0.39 is 0 Å².